The number of nitrogens with one attached hydrogen (secondary N) is 1. The Morgan fingerprint density at radius 1 is 0.750 bits per heavy atom. The van der Waals surface area contributed by atoms with Gasteiger partial charge in [-0.2, -0.15) is 0 Å². The van der Waals surface area contributed by atoms with E-state index in [0.29, 0.717) is 0 Å². The van der Waals surface area contributed by atoms with E-state index in [1.807, 2.05) is 0 Å². The summed E-state index contributed by atoms with van der Waals surface area (Å²) in [6, 6.07) is 6.62. The standard InChI is InChI=1S/C33H48N2O/c1-8-9-10-11-12-13-14-15-16-17-18-36-29-21-23(2)30(24(3)22-29)31(32-25(4)19-27(6)34-32)33-26(5)20-28(7)35-33/h19-22,34H,8-18H2,1-7H3. The number of aryl methyl sites for hydroxylation is 4. The largest absolute Gasteiger partial charge is 0.494 e. The Hall–Kier alpha value is -2.55. The smallest absolute Gasteiger partial charge is 0.119 e. The zero-order valence-corrected chi connectivity index (χ0v) is 23.9. The number of rotatable bonds is 14. The highest BCUT2D eigenvalue weighted by Crippen LogP contribution is 2.39. The molecule has 0 amide bonds. The highest BCUT2D eigenvalue weighted by molar-refractivity contribution is 6.01. The summed E-state index contributed by atoms with van der Waals surface area (Å²) in [4.78, 5) is 8.55. The van der Waals surface area contributed by atoms with Gasteiger partial charge in [0.2, 0.25) is 0 Å². The lowest BCUT2D eigenvalue weighted by Crippen LogP contribution is -2.03. The molecule has 0 fully saturated rings. The topological polar surface area (TPSA) is 37.4 Å². The van der Waals surface area contributed by atoms with Crippen molar-refractivity contribution < 1.29 is 4.74 Å². The van der Waals surface area contributed by atoms with Crippen molar-refractivity contribution in [3.63, 3.8) is 0 Å². The third-order valence-electron chi connectivity index (χ3n) is 7.25. The molecule has 0 aliphatic carbocycles. The summed E-state index contributed by atoms with van der Waals surface area (Å²) in [5.74, 6) is 0.979. The van der Waals surface area contributed by atoms with Crippen LogP contribution in [0.15, 0.2) is 40.5 Å². The van der Waals surface area contributed by atoms with Crippen molar-refractivity contribution in [3.05, 3.63) is 69.2 Å². The van der Waals surface area contributed by atoms with E-state index in [1.54, 1.807) is 0 Å². The summed E-state index contributed by atoms with van der Waals surface area (Å²) < 4.78 is 6.21. The van der Waals surface area contributed by atoms with Crippen LogP contribution in [0.4, 0.5) is 0 Å². The Kier molecular flexibility index (Phi) is 10.6. The normalized spacial score (nSPS) is 14.8. The van der Waals surface area contributed by atoms with Crippen molar-refractivity contribution >= 4 is 11.3 Å². The molecule has 3 rings (SSSR count). The molecule has 2 heterocycles. The molecule has 0 radical (unpaired) electrons. The van der Waals surface area contributed by atoms with Crippen LogP contribution in [0.3, 0.4) is 0 Å². The second-order valence-electron chi connectivity index (χ2n) is 10.8. The Labute approximate surface area is 220 Å². The second kappa shape index (κ2) is 13.7. The first-order valence-corrected chi connectivity index (χ1v) is 14.2. The Morgan fingerprint density at radius 2 is 1.33 bits per heavy atom. The van der Waals surface area contributed by atoms with Crippen LogP contribution in [0, 0.1) is 27.7 Å². The molecule has 36 heavy (non-hydrogen) atoms. The van der Waals surface area contributed by atoms with E-state index in [-0.39, 0.29) is 0 Å². The predicted molar refractivity (Wildman–Crippen MR) is 156 cm³/mol. The molecule has 0 saturated heterocycles. The molecule has 1 aliphatic heterocycles. The molecule has 1 aromatic heterocycles. The van der Waals surface area contributed by atoms with Crippen LogP contribution in [0.5, 0.6) is 5.75 Å². The molecule has 3 nitrogen and oxygen atoms in total. The molecule has 0 bridgehead atoms. The summed E-state index contributed by atoms with van der Waals surface area (Å²) in [7, 11) is 0. The average Bonchev–Trinajstić information content (AvgIpc) is 3.33. The minimum atomic E-state index is 0.795. The SMILES string of the molecule is CCCCCCCCCCCCOc1cc(C)c(C(=C2N=C(C)C=C2C)c2[nH]c(C)cc2C)c(C)c1. The number of benzene rings is 1. The number of unbranched alkanes of at least 4 members (excludes halogenated alkanes) is 9. The number of allylic oxidation sites excluding steroid dienone is 2. The van der Waals surface area contributed by atoms with Gasteiger partial charge < -0.3 is 9.72 Å². The van der Waals surface area contributed by atoms with Crippen LogP contribution in [0.2, 0.25) is 0 Å². The van der Waals surface area contributed by atoms with Crippen molar-refractivity contribution in [2.45, 2.75) is 113 Å². The Bertz CT molecular complexity index is 1090. The fraction of sp³-hybridized carbons (Fsp3) is 0.545. The summed E-state index contributed by atoms with van der Waals surface area (Å²) in [6.07, 6.45) is 15.6. The molecular formula is C33H48N2O. The minimum Gasteiger partial charge on any atom is -0.494 e. The lowest BCUT2D eigenvalue weighted by atomic mass is 9.89. The zero-order chi connectivity index (χ0) is 26.1. The van der Waals surface area contributed by atoms with Gasteiger partial charge in [0.05, 0.1) is 18.0 Å². The third-order valence-corrected chi connectivity index (χ3v) is 7.25. The number of hydrogen-bond donors (Lipinski definition) is 1. The Balaban J connectivity index is 1.65. The van der Waals surface area contributed by atoms with Crippen molar-refractivity contribution in [2.24, 2.45) is 4.99 Å². The van der Waals surface area contributed by atoms with Crippen LogP contribution in [-0.4, -0.2) is 17.3 Å². The van der Waals surface area contributed by atoms with E-state index in [1.165, 1.54) is 103 Å². The van der Waals surface area contributed by atoms with Crippen molar-refractivity contribution in [1.82, 2.24) is 4.98 Å². The van der Waals surface area contributed by atoms with E-state index in [0.717, 1.165) is 30.2 Å². The third kappa shape index (κ3) is 7.48. The van der Waals surface area contributed by atoms with Crippen molar-refractivity contribution in [1.29, 1.82) is 0 Å². The highest BCUT2D eigenvalue weighted by atomic mass is 16.5. The maximum atomic E-state index is 6.21. The van der Waals surface area contributed by atoms with Gasteiger partial charge in [-0.25, -0.2) is 0 Å². The summed E-state index contributed by atoms with van der Waals surface area (Å²) in [5, 5.41) is 0. The number of hydrogen-bond acceptors (Lipinski definition) is 2. The fourth-order valence-electron chi connectivity index (χ4n) is 5.46. The lowest BCUT2D eigenvalue weighted by Gasteiger charge is -2.19. The van der Waals surface area contributed by atoms with Crippen LogP contribution in [0.25, 0.3) is 5.57 Å². The van der Waals surface area contributed by atoms with E-state index < -0.39 is 0 Å². The molecule has 0 saturated carbocycles. The molecule has 1 N–H and O–H groups in total. The number of aromatic nitrogens is 1. The maximum absolute atomic E-state index is 6.21. The molecule has 1 aliphatic rings. The van der Waals surface area contributed by atoms with Gasteiger partial charge in [-0.05, 0) is 100 Å². The van der Waals surface area contributed by atoms with Gasteiger partial charge in [0.15, 0.2) is 0 Å². The van der Waals surface area contributed by atoms with Crippen molar-refractivity contribution in [3.8, 4) is 5.75 Å². The van der Waals surface area contributed by atoms with Crippen LogP contribution >= 0.6 is 0 Å². The van der Waals surface area contributed by atoms with Crippen molar-refractivity contribution in [2.75, 3.05) is 6.61 Å². The molecule has 0 unspecified atom stereocenters. The first-order chi connectivity index (χ1) is 17.3. The first kappa shape index (κ1) is 28.0. The van der Waals surface area contributed by atoms with Gasteiger partial charge in [0.1, 0.15) is 5.75 Å². The van der Waals surface area contributed by atoms with Gasteiger partial charge >= 0.3 is 0 Å². The monoisotopic (exact) mass is 488 g/mol. The number of nitrogens with zero attached hydrogens (tertiary/aromatic N) is 1. The zero-order valence-electron chi connectivity index (χ0n) is 23.9. The second-order valence-corrected chi connectivity index (χ2v) is 10.8. The summed E-state index contributed by atoms with van der Waals surface area (Å²) >= 11 is 0. The quantitative estimate of drug-likeness (QED) is 0.264. The van der Waals surface area contributed by atoms with Gasteiger partial charge in [-0.15, -0.1) is 0 Å². The Morgan fingerprint density at radius 3 is 1.83 bits per heavy atom. The maximum Gasteiger partial charge on any atom is 0.119 e. The first-order valence-electron chi connectivity index (χ1n) is 14.2. The number of ether oxygens (including phenoxy) is 1. The number of aromatic amines is 1. The lowest BCUT2D eigenvalue weighted by molar-refractivity contribution is 0.304. The van der Waals surface area contributed by atoms with Crippen LogP contribution < -0.4 is 4.74 Å². The summed E-state index contributed by atoms with van der Waals surface area (Å²) in [5.41, 5.74) is 11.9. The van der Waals surface area contributed by atoms with Gasteiger partial charge in [-0.1, -0.05) is 64.7 Å². The van der Waals surface area contributed by atoms with Gasteiger partial charge in [0.25, 0.3) is 0 Å². The molecule has 1 aromatic carbocycles. The fourth-order valence-corrected chi connectivity index (χ4v) is 5.46. The van der Waals surface area contributed by atoms with E-state index >= 15 is 0 Å². The van der Waals surface area contributed by atoms with Crippen LogP contribution in [0.1, 0.15) is 119 Å². The van der Waals surface area contributed by atoms with Gasteiger partial charge in [0, 0.05) is 17.0 Å². The number of H-pyrrole nitrogens is 1. The van der Waals surface area contributed by atoms with Crippen LogP contribution in [-0.2, 0) is 0 Å². The molecule has 3 heteroatoms. The molecule has 196 valence electrons. The minimum absolute atomic E-state index is 0.795. The summed E-state index contributed by atoms with van der Waals surface area (Å²) in [6.45, 7) is 16.0. The molecule has 0 atom stereocenters. The van der Waals surface area contributed by atoms with E-state index in [4.69, 9.17) is 9.73 Å². The molecular weight excluding hydrogens is 440 g/mol. The molecule has 0 spiro atoms. The van der Waals surface area contributed by atoms with E-state index in [2.05, 4.69) is 77.7 Å². The van der Waals surface area contributed by atoms with E-state index in [9.17, 15) is 0 Å². The highest BCUT2D eigenvalue weighted by Gasteiger charge is 2.23. The predicted octanol–water partition coefficient (Wildman–Crippen LogP) is 9.73. The van der Waals surface area contributed by atoms with Gasteiger partial charge in [-0.3, -0.25) is 4.99 Å². The molecule has 2 aromatic rings. The number of aliphatic imine (C=N–C) groups is 1. The average molecular weight is 489 g/mol.